The highest BCUT2D eigenvalue weighted by Gasteiger charge is 2.33. The van der Waals surface area contributed by atoms with Crippen LogP contribution in [0.2, 0.25) is 0 Å². The van der Waals surface area contributed by atoms with Gasteiger partial charge in [0.1, 0.15) is 5.82 Å². The molecule has 7 nitrogen and oxygen atoms in total. The minimum Gasteiger partial charge on any atom is -0.463 e. The number of thiazole rings is 1. The number of carbonyl (C=O) groups excluding carboxylic acids is 1. The van der Waals surface area contributed by atoms with Crippen LogP contribution in [0.25, 0.3) is 17.0 Å². The van der Waals surface area contributed by atoms with Crippen LogP contribution in [0, 0.1) is 17.1 Å². The number of allylic oxidation sites excluding steroid dienone is 1. The van der Waals surface area contributed by atoms with Crippen LogP contribution in [0.4, 0.5) is 4.39 Å². The van der Waals surface area contributed by atoms with Crippen molar-refractivity contribution < 1.29 is 13.9 Å². The molecule has 42 heavy (non-hydrogen) atoms. The van der Waals surface area contributed by atoms with Crippen LogP contribution in [-0.2, 0) is 16.1 Å². The first-order chi connectivity index (χ1) is 20.4. The zero-order valence-corrected chi connectivity index (χ0v) is 23.7. The van der Waals surface area contributed by atoms with Crippen molar-refractivity contribution in [3.8, 4) is 6.07 Å². The number of ether oxygens (including phenoxy) is 1. The Morgan fingerprint density at radius 2 is 1.86 bits per heavy atom. The van der Waals surface area contributed by atoms with Crippen LogP contribution in [0.3, 0.4) is 0 Å². The third-order valence-electron chi connectivity index (χ3n) is 7.29. The van der Waals surface area contributed by atoms with Gasteiger partial charge in [0, 0.05) is 29.2 Å². The highest BCUT2D eigenvalue weighted by molar-refractivity contribution is 7.07. The number of hydrogen-bond acceptors (Lipinski definition) is 6. The lowest BCUT2D eigenvalue weighted by Gasteiger charge is -2.24. The molecule has 5 aromatic rings. The van der Waals surface area contributed by atoms with Crippen LogP contribution < -0.4 is 14.9 Å². The molecule has 1 atom stereocenters. The molecule has 6 rings (SSSR count). The second-order valence-corrected chi connectivity index (χ2v) is 10.9. The number of para-hydroxylation sites is 1. The van der Waals surface area contributed by atoms with Crippen molar-refractivity contribution >= 4 is 34.3 Å². The summed E-state index contributed by atoms with van der Waals surface area (Å²) in [7, 11) is 0. The Labute approximate surface area is 244 Å². The predicted octanol–water partition coefficient (Wildman–Crippen LogP) is 4.81. The van der Waals surface area contributed by atoms with Gasteiger partial charge in [0.05, 0.1) is 40.1 Å². The van der Waals surface area contributed by atoms with Gasteiger partial charge in [-0.1, -0.05) is 59.9 Å². The Morgan fingerprint density at radius 3 is 2.62 bits per heavy atom. The smallest absolute Gasteiger partial charge is 0.338 e. The quantitative estimate of drug-likeness (QED) is 0.272. The van der Waals surface area contributed by atoms with E-state index in [0.29, 0.717) is 32.7 Å². The average molecular weight is 577 g/mol. The van der Waals surface area contributed by atoms with Gasteiger partial charge in [-0.2, -0.15) is 5.26 Å². The second kappa shape index (κ2) is 11.1. The van der Waals surface area contributed by atoms with E-state index in [9.17, 15) is 19.2 Å². The standard InChI is InChI=1S/C33H25FN4O3S/c1-3-41-32(40)29-20(2)36-33-38(30(29)21-12-14-25(34)15-13-21)31(39)28(42-33)16-24-19-37(27-11-7-6-10-26(24)27)18-23-9-5-4-8-22(23)17-35/h4-16,19,30H,3,18H2,1-2H3/b28-16-/t30-/m0/s1. The van der Waals surface area contributed by atoms with Crippen LogP contribution in [0.15, 0.2) is 100 Å². The van der Waals surface area contributed by atoms with Crippen LogP contribution >= 0.6 is 11.3 Å². The number of fused-ring (bicyclic) bond motifs is 2. The van der Waals surface area contributed by atoms with E-state index >= 15 is 0 Å². The van der Waals surface area contributed by atoms with Gasteiger partial charge in [0.15, 0.2) is 4.80 Å². The van der Waals surface area contributed by atoms with E-state index in [1.807, 2.05) is 54.7 Å². The minimum atomic E-state index is -0.813. The summed E-state index contributed by atoms with van der Waals surface area (Å²) >= 11 is 1.23. The fourth-order valence-electron chi connectivity index (χ4n) is 5.37. The molecule has 1 aliphatic rings. The number of rotatable bonds is 6. The van der Waals surface area contributed by atoms with Gasteiger partial charge in [-0.05, 0) is 55.3 Å². The summed E-state index contributed by atoms with van der Waals surface area (Å²) in [6, 6.07) is 22.6. The summed E-state index contributed by atoms with van der Waals surface area (Å²) in [4.78, 5) is 32.1. The third kappa shape index (κ3) is 4.76. The van der Waals surface area contributed by atoms with E-state index in [0.717, 1.165) is 22.0 Å². The molecule has 0 radical (unpaired) electrons. The fraction of sp³-hybridized carbons (Fsp3) is 0.152. The van der Waals surface area contributed by atoms with Crippen molar-refractivity contribution in [1.29, 1.82) is 5.26 Å². The molecular weight excluding hydrogens is 551 g/mol. The molecule has 0 bridgehead atoms. The summed E-state index contributed by atoms with van der Waals surface area (Å²) in [5.41, 5.74) is 4.27. The predicted molar refractivity (Wildman–Crippen MR) is 159 cm³/mol. The monoisotopic (exact) mass is 576 g/mol. The third-order valence-corrected chi connectivity index (χ3v) is 8.27. The Hall–Kier alpha value is -5.07. The molecule has 1 aliphatic heterocycles. The maximum atomic E-state index is 14.0. The lowest BCUT2D eigenvalue weighted by molar-refractivity contribution is -0.139. The zero-order valence-electron chi connectivity index (χ0n) is 22.9. The molecule has 0 unspecified atom stereocenters. The van der Waals surface area contributed by atoms with Gasteiger partial charge in [-0.3, -0.25) is 9.36 Å². The van der Waals surface area contributed by atoms with Gasteiger partial charge < -0.3 is 9.30 Å². The molecule has 208 valence electrons. The SMILES string of the molecule is CCOC(=O)C1=C(C)N=c2s/c(=C\c3cn(Cc4ccccc4C#N)c4ccccc34)c(=O)n2[C@H]1c1ccc(F)cc1. The molecule has 0 N–H and O–H groups in total. The average Bonchev–Trinajstić information content (AvgIpc) is 3.49. The van der Waals surface area contributed by atoms with E-state index in [1.54, 1.807) is 32.0 Å². The van der Waals surface area contributed by atoms with Gasteiger partial charge >= 0.3 is 5.97 Å². The van der Waals surface area contributed by atoms with Crippen LogP contribution in [0.5, 0.6) is 0 Å². The van der Waals surface area contributed by atoms with E-state index in [4.69, 9.17) is 4.74 Å². The zero-order chi connectivity index (χ0) is 29.4. The number of carbonyl (C=O) groups is 1. The summed E-state index contributed by atoms with van der Waals surface area (Å²) in [6.07, 6.45) is 3.81. The first kappa shape index (κ1) is 27.1. The topological polar surface area (TPSA) is 89.4 Å². The van der Waals surface area contributed by atoms with Gasteiger partial charge in [-0.25, -0.2) is 14.2 Å². The molecular formula is C33H25FN4O3S. The minimum absolute atomic E-state index is 0.166. The van der Waals surface area contributed by atoms with Gasteiger partial charge in [0.2, 0.25) is 0 Å². The number of esters is 1. The normalized spacial score (nSPS) is 14.9. The van der Waals surface area contributed by atoms with Crippen molar-refractivity contribution in [3.63, 3.8) is 0 Å². The Kier molecular flexibility index (Phi) is 7.15. The molecule has 3 aromatic carbocycles. The number of hydrogen-bond donors (Lipinski definition) is 0. The molecule has 0 amide bonds. The van der Waals surface area contributed by atoms with Crippen molar-refractivity contribution in [2.45, 2.75) is 26.4 Å². The molecule has 0 aliphatic carbocycles. The van der Waals surface area contributed by atoms with Gasteiger partial charge in [0.25, 0.3) is 5.56 Å². The van der Waals surface area contributed by atoms with E-state index < -0.39 is 17.8 Å². The van der Waals surface area contributed by atoms with Crippen molar-refractivity contribution in [2.75, 3.05) is 6.61 Å². The van der Waals surface area contributed by atoms with E-state index in [1.165, 1.54) is 28.0 Å². The first-order valence-corrected chi connectivity index (χ1v) is 14.2. The van der Waals surface area contributed by atoms with Crippen LogP contribution in [0.1, 0.15) is 42.1 Å². The first-order valence-electron chi connectivity index (χ1n) is 13.4. The number of nitriles is 1. The fourth-order valence-corrected chi connectivity index (χ4v) is 6.40. The van der Waals surface area contributed by atoms with Crippen LogP contribution in [-0.4, -0.2) is 21.7 Å². The number of halogens is 1. The van der Waals surface area contributed by atoms with Crippen molar-refractivity contribution in [3.05, 3.63) is 138 Å². The number of aromatic nitrogens is 2. The molecule has 0 spiro atoms. The summed E-state index contributed by atoms with van der Waals surface area (Å²) < 4.78 is 23.2. The van der Waals surface area contributed by atoms with Gasteiger partial charge in [-0.15, -0.1) is 0 Å². The number of benzene rings is 3. The molecule has 0 saturated heterocycles. The summed E-state index contributed by atoms with van der Waals surface area (Å²) in [5, 5.41) is 10.5. The highest BCUT2D eigenvalue weighted by atomic mass is 32.1. The number of nitrogens with zero attached hydrogens (tertiary/aromatic N) is 4. The largest absolute Gasteiger partial charge is 0.463 e. The Bertz CT molecular complexity index is 2110. The Morgan fingerprint density at radius 1 is 1.12 bits per heavy atom. The van der Waals surface area contributed by atoms with Crippen molar-refractivity contribution in [2.24, 2.45) is 4.99 Å². The molecule has 3 heterocycles. The van der Waals surface area contributed by atoms with Crippen molar-refractivity contribution in [1.82, 2.24) is 9.13 Å². The maximum Gasteiger partial charge on any atom is 0.338 e. The maximum absolute atomic E-state index is 14.0. The lowest BCUT2D eigenvalue weighted by atomic mass is 9.96. The van der Waals surface area contributed by atoms with E-state index in [-0.39, 0.29) is 17.7 Å². The summed E-state index contributed by atoms with van der Waals surface area (Å²) in [6.45, 7) is 4.09. The van der Waals surface area contributed by atoms with E-state index in [2.05, 4.69) is 15.6 Å². The Balaban J connectivity index is 1.52. The molecule has 2 aromatic heterocycles. The lowest BCUT2D eigenvalue weighted by Crippen LogP contribution is -2.39. The summed E-state index contributed by atoms with van der Waals surface area (Å²) in [5.74, 6) is -0.985. The highest BCUT2D eigenvalue weighted by Crippen LogP contribution is 2.31. The molecule has 0 saturated carbocycles. The molecule has 0 fully saturated rings. The second-order valence-electron chi connectivity index (χ2n) is 9.85. The molecule has 9 heteroatoms.